The van der Waals surface area contributed by atoms with Gasteiger partial charge >= 0.3 is 0 Å². The first kappa shape index (κ1) is 11.3. The number of aliphatic hydroxyl groups is 1. The van der Waals surface area contributed by atoms with Crippen LogP contribution in [0, 0.1) is 5.92 Å². The Kier molecular flexibility index (Phi) is 4.50. The van der Waals surface area contributed by atoms with Crippen LogP contribution in [0.2, 0.25) is 0 Å². The van der Waals surface area contributed by atoms with Gasteiger partial charge in [0.1, 0.15) is 0 Å². The van der Waals surface area contributed by atoms with Crippen molar-refractivity contribution in [2.24, 2.45) is 5.92 Å². The molecule has 0 aromatic rings. The number of piperidine rings is 2. The number of halogens is 1. The molecule has 78 valence electrons. The van der Waals surface area contributed by atoms with Crippen LogP contribution >= 0.6 is 0 Å². The summed E-state index contributed by atoms with van der Waals surface area (Å²) in [5.74, 6) is 0.619. The summed E-state index contributed by atoms with van der Waals surface area (Å²) >= 11 is 0. The Bertz CT molecular complexity index is 145. The van der Waals surface area contributed by atoms with Crippen molar-refractivity contribution < 1.29 is 22.4 Å². The first-order valence-electron chi connectivity index (χ1n) is 5.37. The minimum atomic E-state index is 0. The zero-order valence-electron chi connectivity index (χ0n) is 8.14. The van der Waals surface area contributed by atoms with E-state index in [0.717, 1.165) is 6.04 Å². The van der Waals surface area contributed by atoms with Crippen molar-refractivity contribution in [3.8, 4) is 0 Å². The van der Waals surface area contributed by atoms with Gasteiger partial charge in [-0.15, -0.1) is 0 Å². The topological polar surface area (TPSA) is 24.7 Å². The van der Waals surface area contributed by atoms with E-state index in [1.165, 1.54) is 45.2 Å². The Labute approximate surface area is 86.7 Å². The van der Waals surface area contributed by atoms with Gasteiger partial charge in [-0.1, -0.05) is 0 Å². The molecule has 3 heteroatoms. The number of nitrogens with one attached hydrogen (secondary N) is 1. The number of aliphatic hydroxyl groups excluding tert-OH is 1. The smallest absolute Gasteiger partial charge is 0.0925 e. The molecular weight excluding hydrogens is 186 g/mol. The van der Waals surface area contributed by atoms with E-state index < -0.39 is 0 Å². The molecule has 13 heavy (non-hydrogen) atoms. The second kappa shape index (κ2) is 5.18. The van der Waals surface area contributed by atoms with Crippen molar-refractivity contribution in [1.29, 1.82) is 0 Å². The molecule has 0 bridgehead atoms. The highest BCUT2D eigenvalue weighted by Crippen LogP contribution is 2.19. The van der Waals surface area contributed by atoms with E-state index in [0.29, 0.717) is 12.5 Å². The summed E-state index contributed by atoms with van der Waals surface area (Å²) in [6.45, 7) is 3.15. The molecule has 0 radical (unpaired) electrons. The van der Waals surface area contributed by atoms with Crippen molar-refractivity contribution in [2.75, 3.05) is 19.7 Å². The van der Waals surface area contributed by atoms with Gasteiger partial charge in [0.2, 0.25) is 0 Å². The first-order valence-corrected chi connectivity index (χ1v) is 5.37. The van der Waals surface area contributed by atoms with Crippen molar-refractivity contribution in [2.45, 2.75) is 38.1 Å². The van der Waals surface area contributed by atoms with Gasteiger partial charge in [-0.05, 0) is 32.1 Å². The highest BCUT2D eigenvalue weighted by Gasteiger charge is 2.35. The summed E-state index contributed by atoms with van der Waals surface area (Å²) in [7, 11) is 0. The molecule has 0 saturated carbocycles. The van der Waals surface area contributed by atoms with Gasteiger partial charge in [-0.25, -0.2) is 0 Å². The number of rotatable bonds is 1. The number of hydrogen-bond donors (Lipinski definition) is 2. The lowest BCUT2D eigenvalue weighted by atomic mass is 9.84. The van der Waals surface area contributed by atoms with Crippen molar-refractivity contribution in [3.05, 3.63) is 0 Å². The Balaban J connectivity index is 0.000000845. The molecule has 2 heterocycles. The zero-order valence-corrected chi connectivity index (χ0v) is 8.89. The average Bonchev–Trinajstić information content (AvgIpc) is 2.17. The van der Waals surface area contributed by atoms with Crippen molar-refractivity contribution in [1.82, 2.24) is 0 Å². The monoisotopic (exact) mass is 205 g/mol. The van der Waals surface area contributed by atoms with E-state index in [4.69, 9.17) is 0 Å². The molecule has 1 unspecified atom stereocenters. The second-order valence-electron chi connectivity index (χ2n) is 4.35. The molecule has 0 aliphatic carbocycles. The average molecular weight is 206 g/mol. The third kappa shape index (κ3) is 2.36. The molecule has 2 fully saturated rings. The largest absolute Gasteiger partial charge is 1.00 e. The normalized spacial score (nSPS) is 39.0. The van der Waals surface area contributed by atoms with Crippen LogP contribution in [-0.2, 0) is 0 Å². The van der Waals surface area contributed by atoms with Crippen molar-refractivity contribution >= 4 is 0 Å². The third-order valence-electron chi connectivity index (χ3n) is 3.66. The number of quaternary nitrogens is 1. The SMILES string of the molecule is OC[C@@H]1CCC[NH+]2CCCC[C@H]12.[Cl-]. The lowest BCUT2D eigenvalue weighted by Crippen LogP contribution is -3.18. The summed E-state index contributed by atoms with van der Waals surface area (Å²) in [5, 5.41) is 9.22. The molecule has 2 saturated heterocycles. The molecule has 2 aliphatic rings. The van der Waals surface area contributed by atoms with Crippen molar-refractivity contribution in [3.63, 3.8) is 0 Å². The Morgan fingerprint density at radius 2 is 1.85 bits per heavy atom. The highest BCUT2D eigenvalue weighted by molar-refractivity contribution is 4.74. The molecule has 0 spiro atoms. The van der Waals surface area contributed by atoms with Crippen LogP contribution in [0.15, 0.2) is 0 Å². The lowest BCUT2D eigenvalue weighted by molar-refractivity contribution is -0.940. The Hall–Kier alpha value is 0.210. The Morgan fingerprint density at radius 3 is 2.62 bits per heavy atom. The van der Waals surface area contributed by atoms with Crippen LogP contribution in [0.4, 0.5) is 0 Å². The van der Waals surface area contributed by atoms with E-state index in [-0.39, 0.29) is 12.4 Å². The molecule has 2 aliphatic heterocycles. The summed E-state index contributed by atoms with van der Waals surface area (Å²) in [4.78, 5) is 1.78. The third-order valence-corrected chi connectivity index (χ3v) is 3.66. The van der Waals surface area contributed by atoms with Crippen LogP contribution in [0.1, 0.15) is 32.1 Å². The highest BCUT2D eigenvalue weighted by atomic mass is 35.5. The fraction of sp³-hybridized carbons (Fsp3) is 1.00. The van der Waals surface area contributed by atoms with Gasteiger partial charge in [0.25, 0.3) is 0 Å². The predicted octanol–water partition coefficient (Wildman–Crippen LogP) is -3.17. The van der Waals surface area contributed by atoms with Gasteiger partial charge < -0.3 is 22.4 Å². The summed E-state index contributed by atoms with van der Waals surface area (Å²) in [5.41, 5.74) is 0. The fourth-order valence-electron chi connectivity index (χ4n) is 3.00. The summed E-state index contributed by atoms with van der Waals surface area (Å²) in [6.07, 6.45) is 6.76. The van der Waals surface area contributed by atoms with Crippen LogP contribution in [0.5, 0.6) is 0 Å². The number of fused-ring (bicyclic) bond motifs is 1. The fourth-order valence-corrected chi connectivity index (χ4v) is 3.00. The molecular formula is C10H20ClNO. The maximum absolute atomic E-state index is 9.22. The van der Waals surface area contributed by atoms with Gasteiger partial charge in [0, 0.05) is 5.92 Å². The summed E-state index contributed by atoms with van der Waals surface area (Å²) < 4.78 is 0. The minimum absolute atomic E-state index is 0. The quantitative estimate of drug-likeness (QED) is 0.464. The van der Waals surface area contributed by atoms with Gasteiger partial charge in [0.15, 0.2) is 0 Å². The van der Waals surface area contributed by atoms with E-state index >= 15 is 0 Å². The van der Waals surface area contributed by atoms with E-state index in [1.54, 1.807) is 4.90 Å². The van der Waals surface area contributed by atoms with Gasteiger partial charge in [-0.2, -0.15) is 0 Å². The molecule has 2 N–H and O–H groups in total. The predicted molar refractivity (Wildman–Crippen MR) is 48.1 cm³/mol. The van der Waals surface area contributed by atoms with Crippen LogP contribution < -0.4 is 17.3 Å². The molecule has 0 aromatic carbocycles. The van der Waals surface area contributed by atoms with Gasteiger partial charge in [0.05, 0.1) is 25.7 Å². The van der Waals surface area contributed by atoms with Gasteiger partial charge in [-0.3, -0.25) is 0 Å². The summed E-state index contributed by atoms with van der Waals surface area (Å²) in [6, 6.07) is 0.803. The molecule has 3 atom stereocenters. The first-order chi connectivity index (χ1) is 5.92. The van der Waals surface area contributed by atoms with E-state index in [1.807, 2.05) is 0 Å². The second-order valence-corrected chi connectivity index (χ2v) is 4.35. The standard InChI is InChI=1S/C10H19NO.ClH/c12-8-9-4-3-7-11-6-2-1-5-10(9)11;/h9-10,12H,1-8H2;1H/t9-,10+;/m0./s1. The maximum atomic E-state index is 9.22. The maximum Gasteiger partial charge on any atom is 0.0925 e. The molecule has 2 rings (SSSR count). The van der Waals surface area contributed by atoms with Crippen LogP contribution in [0.3, 0.4) is 0 Å². The Morgan fingerprint density at radius 1 is 1.08 bits per heavy atom. The molecule has 0 amide bonds. The lowest BCUT2D eigenvalue weighted by Gasteiger charge is -2.40. The van der Waals surface area contributed by atoms with Crippen LogP contribution in [0.25, 0.3) is 0 Å². The van der Waals surface area contributed by atoms with Crippen LogP contribution in [-0.4, -0.2) is 30.8 Å². The zero-order chi connectivity index (χ0) is 8.39. The number of hydrogen-bond acceptors (Lipinski definition) is 1. The molecule has 0 aromatic heterocycles. The molecule has 2 nitrogen and oxygen atoms in total. The van der Waals surface area contributed by atoms with E-state index in [9.17, 15) is 5.11 Å². The minimum Gasteiger partial charge on any atom is -1.00 e. The van der Waals surface area contributed by atoms with E-state index in [2.05, 4.69) is 0 Å².